The van der Waals surface area contributed by atoms with Crippen LogP contribution in [0.25, 0.3) is 11.0 Å². The largest absolute Gasteiger partial charge is 0.429 e. The summed E-state index contributed by atoms with van der Waals surface area (Å²) in [6, 6.07) is 11.2. The first kappa shape index (κ1) is 17.6. The number of pyridine rings is 1. The van der Waals surface area contributed by atoms with Gasteiger partial charge in [-0.25, -0.2) is 9.97 Å². The summed E-state index contributed by atoms with van der Waals surface area (Å²) in [6.07, 6.45) is 2.78. The second-order valence-corrected chi connectivity index (χ2v) is 5.92. The molecule has 2 heterocycles. The number of nitrogens with two attached hydrogens (primary N) is 1. The van der Waals surface area contributed by atoms with Gasteiger partial charge in [-0.2, -0.15) is 4.98 Å². The van der Waals surface area contributed by atoms with Crippen molar-refractivity contribution in [2.75, 3.05) is 17.6 Å². The van der Waals surface area contributed by atoms with Gasteiger partial charge in [-0.15, -0.1) is 0 Å². The predicted octanol–water partition coefficient (Wildman–Crippen LogP) is 2.95. The summed E-state index contributed by atoms with van der Waals surface area (Å²) in [5.41, 5.74) is 9.20. The highest BCUT2D eigenvalue weighted by Crippen LogP contribution is 2.21. The van der Waals surface area contributed by atoms with Crippen LogP contribution in [0.4, 0.5) is 11.8 Å². The van der Waals surface area contributed by atoms with Crippen molar-refractivity contribution in [2.24, 2.45) is 0 Å². The maximum absolute atomic E-state index is 10.4. The number of carbonyl (C=O) groups excluding carboxylic acids is 1. The van der Waals surface area contributed by atoms with E-state index in [1.165, 1.54) is 0 Å². The van der Waals surface area contributed by atoms with Crippen LogP contribution in [0.1, 0.15) is 31.0 Å². The molecule has 134 valence electrons. The molecule has 1 aromatic carbocycles. The molecule has 0 amide bonds. The van der Waals surface area contributed by atoms with E-state index in [1.807, 2.05) is 24.3 Å². The number of nitrogens with zero attached hydrogens (tertiary/aromatic N) is 3. The van der Waals surface area contributed by atoms with Gasteiger partial charge < -0.3 is 15.8 Å². The lowest BCUT2D eigenvalue weighted by Crippen LogP contribution is -2.08. The molecule has 0 unspecified atom stereocenters. The molecule has 3 aromatic rings. The summed E-state index contributed by atoms with van der Waals surface area (Å²) < 4.78 is 4.81. The van der Waals surface area contributed by atoms with E-state index in [0.717, 1.165) is 36.2 Å². The Bertz CT molecular complexity index is 896. The summed E-state index contributed by atoms with van der Waals surface area (Å²) >= 11 is 0. The number of carbonyl (C=O) groups is 1. The number of rotatable bonds is 8. The van der Waals surface area contributed by atoms with E-state index >= 15 is 0 Å². The topological polar surface area (TPSA) is 103 Å². The molecule has 0 saturated carbocycles. The maximum atomic E-state index is 10.4. The summed E-state index contributed by atoms with van der Waals surface area (Å²) in [7, 11) is 0. The van der Waals surface area contributed by atoms with Crippen molar-refractivity contribution in [3.05, 3.63) is 47.7 Å². The number of nitrogen functional groups attached to an aromatic ring is 1. The molecule has 7 nitrogen and oxygen atoms in total. The maximum Gasteiger partial charge on any atom is 0.298 e. The first-order chi connectivity index (χ1) is 12.7. The van der Waals surface area contributed by atoms with Crippen molar-refractivity contribution < 1.29 is 9.53 Å². The third-order valence-electron chi connectivity index (χ3n) is 3.93. The van der Waals surface area contributed by atoms with Crippen LogP contribution in [-0.4, -0.2) is 28.0 Å². The molecular weight excluding hydrogens is 330 g/mol. The quantitative estimate of drug-likeness (QED) is 0.475. The Labute approximate surface area is 151 Å². The van der Waals surface area contributed by atoms with Crippen LogP contribution in [0.15, 0.2) is 36.4 Å². The van der Waals surface area contributed by atoms with E-state index < -0.39 is 0 Å². The molecule has 3 N–H and O–H groups in total. The molecule has 0 radical (unpaired) electrons. The van der Waals surface area contributed by atoms with Gasteiger partial charge >= 0.3 is 0 Å². The highest BCUT2D eigenvalue weighted by molar-refractivity contribution is 5.86. The van der Waals surface area contributed by atoms with Gasteiger partial charge in [-0.05, 0) is 36.2 Å². The molecule has 2 aromatic heterocycles. The zero-order chi connectivity index (χ0) is 18.4. The molecule has 7 heteroatoms. The summed E-state index contributed by atoms with van der Waals surface area (Å²) in [6.45, 7) is 3.36. The van der Waals surface area contributed by atoms with E-state index in [4.69, 9.17) is 15.5 Å². The zero-order valence-corrected chi connectivity index (χ0v) is 14.6. The fourth-order valence-electron chi connectivity index (χ4n) is 2.63. The van der Waals surface area contributed by atoms with Gasteiger partial charge in [-0.3, -0.25) is 4.79 Å². The van der Waals surface area contributed by atoms with Crippen LogP contribution in [0.5, 0.6) is 5.75 Å². The van der Waals surface area contributed by atoms with E-state index in [0.29, 0.717) is 30.0 Å². The Balaban J connectivity index is 1.85. The summed E-state index contributed by atoms with van der Waals surface area (Å²) in [5.74, 6) is 1.41. The molecule has 0 saturated heterocycles. The summed E-state index contributed by atoms with van der Waals surface area (Å²) in [4.78, 5) is 23.6. The fraction of sp³-hybridized carbons (Fsp3) is 0.263. The lowest BCUT2D eigenvalue weighted by atomic mass is 10.1. The lowest BCUT2D eigenvalue weighted by Gasteiger charge is -2.10. The van der Waals surface area contributed by atoms with Gasteiger partial charge in [0.05, 0.1) is 5.52 Å². The van der Waals surface area contributed by atoms with E-state index in [1.54, 1.807) is 12.1 Å². The molecule has 0 bridgehead atoms. The summed E-state index contributed by atoms with van der Waals surface area (Å²) in [5, 5.41) is 3.30. The minimum absolute atomic E-state index is 0.233. The van der Waals surface area contributed by atoms with Gasteiger partial charge in [0, 0.05) is 18.7 Å². The molecule has 0 aliphatic heterocycles. The Hall–Kier alpha value is -3.22. The molecule has 0 fully saturated rings. The van der Waals surface area contributed by atoms with Crippen LogP contribution < -0.4 is 15.8 Å². The Morgan fingerprint density at radius 2 is 1.92 bits per heavy atom. The van der Waals surface area contributed by atoms with Crippen LogP contribution in [0.2, 0.25) is 0 Å². The number of nitrogens with one attached hydrogen (secondary N) is 1. The number of aromatic nitrogens is 3. The monoisotopic (exact) mass is 351 g/mol. The SMILES string of the molecule is CCCCNc1nc(N)nc2ccc(Cc3ccc(OC=O)cc3)nc12. The lowest BCUT2D eigenvalue weighted by molar-refractivity contribution is -0.120. The number of hydrogen-bond acceptors (Lipinski definition) is 7. The molecule has 26 heavy (non-hydrogen) atoms. The number of anilines is 2. The van der Waals surface area contributed by atoms with Crippen molar-refractivity contribution in [3.8, 4) is 5.75 Å². The third kappa shape index (κ3) is 4.24. The van der Waals surface area contributed by atoms with Gasteiger partial charge in [0.15, 0.2) is 5.82 Å². The molecule has 0 atom stereocenters. The second-order valence-electron chi connectivity index (χ2n) is 5.92. The minimum atomic E-state index is 0.233. The minimum Gasteiger partial charge on any atom is -0.429 e. The number of fused-ring (bicyclic) bond motifs is 1. The van der Waals surface area contributed by atoms with Gasteiger partial charge in [0.1, 0.15) is 11.3 Å². The smallest absolute Gasteiger partial charge is 0.298 e. The van der Waals surface area contributed by atoms with Crippen molar-refractivity contribution >= 4 is 29.3 Å². The first-order valence-electron chi connectivity index (χ1n) is 8.56. The van der Waals surface area contributed by atoms with Crippen LogP contribution >= 0.6 is 0 Å². The van der Waals surface area contributed by atoms with Crippen molar-refractivity contribution in [1.29, 1.82) is 0 Å². The first-order valence-corrected chi connectivity index (χ1v) is 8.56. The predicted molar refractivity (Wildman–Crippen MR) is 101 cm³/mol. The molecular formula is C19H21N5O2. The third-order valence-corrected chi connectivity index (χ3v) is 3.93. The normalized spacial score (nSPS) is 10.7. The number of ether oxygens (including phenoxy) is 1. The molecule has 3 rings (SSSR count). The fourth-order valence-corrected chi connectivity index (χ4v) is 2.63. The van der Waals surface area contributed by atoms with Crippen LogP contribution in [0, 0.1) is 0 Å². The van der Waals surface area contributed by atoms with Gasteiger partial charge in [0.2, 0.25) is 5.95 Å². The van der Waals surface area contributed by atoms with Crippen molar-refractivity contribution in [1.82, 2.24) is 15.0 Å². The highest BCUT2D eigenvalue weighted by Gasteiger charge is 2.09. The highest BCUT2D eigenvalue weighted by atomic mass is 16.5. The number of benzene rings is 1. The zero-order valence-electron chi connectivity index (χ0n) is 14.6. The number of hydrogen-bond donors (Lipinski definition) is 2. The van der Waals surface area contributed by atoms with Crippen LogP contribution in [-0.2, 0) is 11.2 Å². The van der Waals surface area contributed by atoms with Crippen LogP contribution in [0.3, 0.4) is 0 Å². The Kier molecular flexibility index (Phi) is 5.58. The molecule has 0 aliphatic rings. The standard InChI is InChI=1S/C19H21N5O2/c1-2-3-10-21-18-17-16(23-19(20)24-18)9-6-14(22-17)11-13-4-7-15(8-5-13)26-12-25/h4-9,12H,2-3,10-11H2,1H3,(H3,20,21,23,24). The van der Waals surface area contributed by atoms with Gasteiger partial charge in [0.25, 0.3) is 6.47 Å². The Morgan fingerprint density at radius 3 is 2.65 bits per heavy atom. The van der Waals surface area contributed by atoms with Gasteiger partial charge in [-0.1, -0.05) is 25.5 Å². The van der Waals surface area contributed by atoms with E-state index in [-0.39, 0.29) is 5.95 Å². The van der Waals surface area contributed by atoms with Crippen molar-refractivity contribution in [2.45, 2.75) is 26.2 Å². The molecule has 0 aliphatic carbocycles. The average molecular weight is 351 g/mol. The number of unbranched alkanes of at least 4 members (excludes halogenated alkanes) is 1. The van der Waals surface area contributed by atoms with E-state index in [2.05, 4.69) is 22.2 Å². The average Bonchev–Trinajstić information content (AvgIpc) is 2.64. The Morgan fingerprint density at radius 1 is 1.12 bits per heavy atom. The van der Waals surface area contributed by atoms with E-state index in [9.17, 15) is 4.79 Å². The molecule has 0 spiro atoms. The second kappa shape index (κ2) is 8.24. The van der Waals surface area contributed by atoms with Crippen molar-refractivity contribution in [3.63, 3.8) is 0 Å².